The van der Waals surface area contributed by atoms with Crippen molar-refractivity contribution in [3.63, 3.8) is 0 Å². The van der Waals surface area contributed by atoms with Gasteiger partial charge < -0.3 is 15.4 Å². The van der Waals surface area contributed by atoms with E-state index in [9.17, 15) is 13.2 Å². The average molecular weight is 290 g/mol. The minimum absolute atomic E-state index is 0.0845. The predicted octanol–water partition coefficient (Wildman–Crippen LogP) is -0.863. The van der Waals surface area contributed by atoms with Crippen LogP contribution in [0.1, 0.15) is 0 Å². The van der Waals surface area contributed by atoms with Gasteiger partial charge >= 0.3 is 0 Å². The number of dihydropyridines is 1. The summed E-state index contributed by atoms with van der Waals surface area (Å²) in [7, 11) is -1.94. The summed E-state index contributed by atoms with van der Waals surface area (Å²) in [5, 5.41) is 5.54. The van der Waals surface area contributed by atoms with Gasteiger partial charge in [-0.15, -0.1) is 0 Å². The highest BCUT2D eigenvalue weighted by molar-refractivity contribution is 7.85. The SMILES string of the molecule is COCCNC(=O)C1C=C(COS(C)(=O)=O)C=CN1. The molecule has 0 fully saturated rings. The van der Waals surface area contributed by atoms with Crippen LogP contribution in [0.25, 0.3) is 0 Å². The normalized spacial score (nSPS) is 18.6. The van der Waals surface area contributed by atoms with Crippen molar-refractivity contribution in [2.75, 3.05) is 33.1 Å². The van der Waals surface area contributed by atoms with Crippen LogP contribution < -0.4 is 10.6 Å². The van der Waals surface area contributed by atoms with Crippen molar-refractivity contribution >= 4 is 16.0 Å². The second-order valence-corrected chi connectivity index (χ2v) is 5.61. The standard InChI is InChI=1S/C11H18N2O5S/c1-17-6-5-13-11(14)10-7-9(3-4-12-10)8-18-19(2,15)16/h3-4,7,10,12H,5-6,8H2,1-2H3,(H,13,14). The number of hydrogen-bond donors (Lipinski definition) is 2. The van der Waals surface area contributed by atoms with Crippen molar-refractivity contribution in [2.24, 2.45) is 0 Å². The Bertz CT molecular complexity index is 469. The third-order valence-electron chi connectivity index (χ3n) is 2.28. The maximum atomic E-state index is 11.8. The van der Waals surface area contributed by atoms with Crippen LogP contribution in [0.3, 0.4) is 0 Å². The quantitative estimate of drug-likeness (QED) is 0.468. The van der Waals surface area contributed by atoms with E-state index in [1.807, 2.05) is 0 Å². The molecule has 0 saturated heterocycles. The van der Waals surface area contributed by atoms with Crippen molar-refractivity contribution in [2.45, 2.75) is 6.04 Å². The highest BCUT2D eigenvalue weighted by atomic mass is 32.2. The fourth-order valence-corrected chi connectivity index (χ4v) is 1.74. The number of amides is 1. The van der Waals surface area contributed by atoms with Gasteiger partial charge in [-0.05, 0) is 23.9 Å². The highest BCUT2D eigenvalue weighted by Crippen LogP contribution is 2.07. The van der Waals surface area contributed by atoms with E-state index in [0.29, 0.717) is 18.7 Å². The molecule has 0 radical (unpaired) electrons. The fraction of sp³-hybridized carbons (Fsp3) is 0.545. The first-order valence-electron chi connectivity index (χ1n) is 5.67. The second-order valence-electron chi connectivity index (χ2n) is 3.97. The monoisotopic (exact) mass is 290 g/mol. The van der Waals surface area contributed by atoms with E-state index < -0.39 is 16.2 Å². The van der Waals surface area contributed by atoms with Crippen LogP contribution in [0.4, 0.5) is 0 Å². The molecule has 2 N–H and O–H groups in total. The fourth-order valence-electron chi connectivity index (χ4n) is 1.39. The van der Waals surface area contributed by atoms with E-state index in [0.717, 1.165) is 6.26 Å². The van der Waals surface area contributed by atoms with Gasteiger partial charge in [0.25, 0.3) is 10.1 Å². The van der Waals surface area contributed by atoms with Crippen LogP contribution >= 0.6 is 0 Å². The topological polar surface area (TPSA) is 93.7 Å². The lowest BCUT2D eigenvalue weighted by molar-refractivity contribution is -0.122. The summed E-state index contributed by atoms with van der Waals surface area (Å²) >= 11 is 0. The zero-order valence-electron chi connectivity index (χ0n) is 10.9. The average Bonchev–Trinajstić information content (AvgIpc) is 2.36. The minimum atomic E-state index is -3.49. The van der Waals surface area contributed by atoms with Gasteiger partial charge in [0.2, 0.25) is 5.91 Å². The molecule has 1 aliphatic rings. The molecule has 1 amide bonds. The molecular formula is C11H18N2O5S. The van der Waals surface area contributed by atoms with Crippen LogP contribution in [0, 0.1) is 0 Å². The van der Waals surface area contributed by atoms with Gasteiger partial charge in [0.1, 0.15) is 6.04 Å². The summed E-state index contributed by atoms with van der Waals surface area (Å²) in [5.41, 5.74) is 0.621. The van der Waals surface area contributed by atoms with Gasteiger partial charge in [0, 0.05) is 13.7 Å². The first-order valence-corrected chi connectivity index (χ1v) is 7.48. The number of ether oxygens (including phenoxy) is 1. The molecule has 0 aromatic carbocycles. The summed E-state index contributed by atoms with van der Waals surface area (Å²) in [6, 6.07) is -0.542. The van der Waals surface area contributed by atoms with E-state index in [2.05, 4.69) is 14.8 Å². The largest absolute Gasteiger partial charge is 0.383 e. The summed E-state index contributed by atoms with van der Waals surface area (Å²) in [4.78, 5) is 11.8. The lowest BCUT2D eigenvalue weighted by Gasteiger charge is -2.18. The van der Waals surface area contributed by atoms with E-state index in [4.69, 9.17) is 4.74 Å². The molecule has 0 aromatic heterocycles. The summed E-state index contributed by atoms with van der Waals surface area (Å²) in [5.74, 6) is -0.210. The molecule has 1 unspecified atom stereocenters. The lowest BCUT2D eigenvalue weighted by Crippen LogP contribution is -2.43. The Morgan fingerprint density at radius 1 is 1.53 bits per heavy atom. The summed E-state index contributed by atoms with van der Waals surface area (Å²) < 4.78 is 31.3. The van der Waals surface area contributed by atoms with E-state index >= 15 is 0 Å². The third kappa shape index (κ3) is 6.37. The molecule has 0 spiro atoms. The van der Waals surface area contributed by atoms with Crippen LogP contribution in [0.15, 0.2) is 23.9 Å². The summed E-state index contributed by atoms with van der Waals surface area (Å²) in [6.45, 7) is 0.765. The van der Waals surface area contributed by atoms with E-state index in [1.165, 1.54) is 0 Å². The number of nitrogens with one attached hydrogen (secondary N) is 2. The maximum absolute atomic E-state index is 11.8. The molecule has 1 aliphatic heterocycles. The first-order chi connectivity index (χ1) is 8.92. The van der Waals surface area contributed by atoms with Crippen molar-refractivity contribution in [1.29, 1.82) is 0 Å². The molecule has 1 heterocycles. The van der Waals surface area contributed by atoms with Gasteiger partial charge in [-0.1, -0.05) is 0 Å². The molecular weight excluding hydrogens is 272 g/mol. The number of rotatable bonds is 7. The summed E-state index contributed by atoms with van der Waals surface area (Å²) in [6.07, 6.45) is 5.84. The molecule has 1 atom stereocenters. The molecule has 108 valence electrons. The van der Waals surface area contributed by atoms with Crippen LogP contribution in [0.2, 0.25) is 0 Å². The Morgan fingerprint density at radius 2 is 2.26 bits per heavy atom. The van der Waals surface area contributed by atoms with Crippen LogP contribution in [-0.4, -0.2) is 53.5 Å². The molecule has 8 heteroatoms. The molecule has 7 nitrogen and oxygen atoms in total. The Labute approximate surface area is 112 Å². The number of hydrogen-bond acceptors (Lipinski definition) is 6. The minimum Gasteiger partial charge on any atom is -0.383 e. The van der Waals surface area contributed by atoms with Crippen molar-refractivity contribution < 1.29 is 22.1 Å². The molecule has 0 saturated carbocycles. The number of carbonyl (C=O) groups excluding carboxylic acids is 1. The molecule has 0 bridgehead atoms. The maximum Gasteiger partial charge on any atom is 0.264 e. The third-order valence-corrected chi connectivity index (χ3v) is 2.83. The molecule has 19 heavy (non-hydrogen) atoms. The zero-order chi connectivity index (χ0) is 14.3. The predicted molar refractivity (Wildman–Crippen MR) is 69.8 cm³/mol. The first kappa shape index (κ1) is 15.7. The molecule has 1 rings (SSSR count). The van der Waals surface area contributed by atoms with Crippen molar-refractivity contribution in [1.82, 2.24) is 10.6 Å². The van der Waals surface area contributed by atoms with E-state index in [1.54, 1.807) is 25.5 Å². The van der Waals surface area contributed by atoms with Gasteiger partial charge in [0.05, 0.1) is 19.5 Å². The van der Waals surface area contributed by atoms with Crippen LogP contribution in [-0.2, 0) is 23.8 Å². The van der Waals surface area contributed by atoms with Gasteiger partial charge in [-0.3, -0.25) is 8.98 Å². The number of methoxy groups -OCH3 is 1. The smallest absolute Gasteiger partial charge is 0.264 e. The second kappa shape index (κ2) is 7.27. The van der Waals surface area contributed by atoms with Gasteiger partial charge in [-0.25, -0.2) is 0 Å². The Morgan fingerprint density at radius 3 is 2.89 bits per heavy atom. The number of carbonyl (C=O) groups is 1. The Balaban J connectivity index is 2.50. The Hall–Kier alpha value is -1.38. The molecule has 0 aromatic rings. The van der Waals surface area contributed by atoms with Gasteiger partial charge in [-0.2, -0.15) is 8.42 Å². The van der Waals surface area contributed by atoms with Crippen molar-refractivity contribution in [3.8, 4) is 0 Å². The highest BCUT2D eigenvalue weighted by Gasteiger charge is 2.17. The Kier molecular flexibility index (Phi) is 6.00. The van der Waals surface area contributed by atoms with Gasteiger partial charge in [0.15, 0.2) is 0 Å². The lowest BCUT2D eigenvalue weighted by atomic mass is 10.1. The van der Waals surface area contributed by atoms with Crippen molar-refractivity contribution in [3.05, 3.63) is 23.9 Å². The zero-order valence-corrected chi connectivity index (χ0v) is 11.7. The molecule has 0 aliphatic carbocycles. The van der Waals surface area contributed by atoms with E-state index in [-0.39, 0.29) is 12.5 Å². The van der Waals surface area contributed by atoms with Crippen LogP contribution in [0.5, 0.6) is 0 Å².